The van der Waals surface area contributed by atoms with E-state index >= 15 is 0 Å². The van der Waals surface area contributed by atoms with E-state index in [0.717, 1.165) is 35.0 Å². The molecule has 2 N–H and O–H groups in total. The van der Waals surface area contributed by atoms with Gasteiger partial charge in [0, 0.05) is 18.7 Å². The minimum Gasteiger partial charge on any atom is -0.344 e. The van der Waals surface area contributed by atoms with Crippen molar-refractivity contribution >= 4 is 23.4 Å². The summed E-state index contributed by atoms with van der Waals surface area (Å²) in [5, 5.41) is 5.56. The first-order valence-corrected chi connectivity index (χ1v) is 12.0. The van der Waals surface area contributed by atoms with Gasteiger partial charge in [-0.05, 0) is 40.3 Å². The van der Waals surface area contributed by atoms with Crippen LogP contribution in [0.15, 0.2) is 66.7 Å². The number of halogens is 2. The minimum atomic E-state index is -1.02. The van der Waals surface area contributed by atoms with Crippen molar-refractivity contribution in [3.05, 3.63) is 89.5 Å². The van der Waals surface area contributed by atoms with E-state index in [1.54, 1.807) is 40.0 Å². The molecule has 192 valence electrons. The second-order valence-corrected chi connectivity index (χ2v) is 10.3. The molecule has 3 aromatic rings. The van der Waals surface area contributed by atoms with Crippen molar-refractivity contribution < 1.29 is 23.2 Å². The molecule has 1 aliphatic heterocycles. The lowest BCUT2D eigenvalue weighted by atomic mass is 9.85. The lowest BCUT2D eigenvalue weighted by Gasteiger charge is -2.32. The van der Waals surface area contributed by atoms with Crippen LogP contribution in [0.3, 0.4) is 0 Å². The summed E-state index contributed by atoms with van der Waals surface area (Å²) in [5.74, 6) is -3.01. The highest BCUT2D eigenvalue weighted by molar-refractivity contribution is 6.06. The van der Waals surface area contributed by atoms with Gasteiger partial charge in [-0.2, -0.15) is 0 Å². The molecule has 2 unspecified atom stereocenters. The first kappa shape index (κ1) is 26.0. The van der Waals surface area contributed by atoms with Crippen LogP contribution in [0.1, 0.15) is 37.9 Å². The predicted octanol–water partition coefficient (Wildman–Crippen LogP) is 4.54. The van der Waals surface area contributed by atoms with E-state index in [1.807, 2.05) is 36.4 Å². The van der Waals surface area contributed by atoms with Crippen LogP contribution in [-0.2, 0) is 20.8 Å². The topological polar surface area (TPSA) is 78.5 Å². The van der Waals surface area contributed by atoms with E-state index in [-0.39, 0.29) is 17.9 Å². The summed E-state index contributed by atoms with van der Waals surface area (Å²) >= 11 is 0. The number of likely N-dealkylation sites (N-methyl/N-ethyl adjacent to an activating group) is 1. The summed E-state index contributed by atoms with van der Waals surface area (Å²) in [6, 6.07) is 15.8. The van der Waals surface area contributed by atoms with Gasteiger partial charge in [0.1, 0.15) is 23.7 Å². The molecule has 4 rings (SSSR count). The molecule has 0 fully saturated rings. The Morgan fingerprint density at radius 2 is 1.54 bits per heavy atom. The maximum absolute atomic E-state index is 13.6. The van der Waals surface area contributed by atoms with Gasteiger partial charge in [-0.25, -0.2) is 8.78 Å². The van der Waals surface area contributed by atoms with Gasteiger partial charge in [0.05, 0.1) is 12.1 Å². The van der Waals surface area contributed by atoms with Gasteiger partial charge in [0.2, 0.25) is 11.8 Å². The number of anilines is 1. The Balaban J connectivity index is 1.61. The summed E-state index contributed by atoms with van der Waals surface area (Å²) in [7, 11) is 1.66. The highest BCUT2D eigenvalue weighted by Crippen LogP contribution is 2.39. The molecule has 3 aromatic carbocycles. The highest BCUT2D eigenvalue weighted by Gasteiger charge is 2.38. The molecule has 0 aliphatic carbocycles. The maximum atomic E-state index is 13.6. The van der Waals surface area contributed by atoms with Crippen LogP contribution >= 0.6 is 0 Å². The van der Waals surface area contributed by atoms with Gasteiger partial charge >= 0.3 is 0 Å². The zero-order valence-corrected chi connectivity index (χ0v) is 21.1. The highest BCUT2D eigenvalue weighted by atomic mass is 19.1. The van der Waals surface area contributed by atoms with Crippen molar-refractivity contribution in [2.24, 2.45) is 5.41 Å². The Bertz CT molecular complexity index is 1350. The monoisotopic (exact) mass is 505 g/mol. The Morgan fingerprint density at radius 1 is 0.946 bits per heavy atom. The third-order valence-corrected chi connectivity index (χ3v) is 6.41. The number of para-hydroxylation sites is 1. The molecular formula is C29H29F2N3O3. The Morgan fingerprint density at radius 3 is 2.19 bits per heavy atom. The molecule has 1 heterocycles. The van der Waals surface area contributed by atoms with E-state index in [1.165, 1.54) is 4.90 Å². The fourth-order valence-electron chi connectivity index (χ4n) is 4.58. The van der Waals surface area contributed by atoms with Crippen LogP contribution in [0.2, 0.25) is 0 Å². The Labute approximate surface area is 214 Å². The normalized spacial score (nSPS) is 15.8. The Hall–Kier alpha value is -4.07. The SMILES string of the molecule is CN1C(=O)C(NC(=O)C(NC(=O)Cc2cc(F)cc(F)c2)C(C)(C)C)c2ccccc2-c2ccccc21. The standard InChI is InChI=1S/C29H29F2N3O3/c1-29(2,3)26(32-24(35)15-17-13-18(30)16-19(31)14-17)27(36)33-25-22-11-6-5-9-20(22)21-10-7-8-12-23(21)34(4)28(25)37/h5-14,16,25-26H,15H2,1-4H3,(H,32,35)(H,33,36). The number of nitrogens with one attached hydrogen (secondary N) is 2. The van der Waals surface area contributed by atoms with Crippen LogP contribution in [0, 0.1) is 17.0 Å². The number of benzene rings is 3. The van der Waals surface area contributed by atoms with Crippen LogP contribution in [0.5, 0.6) is 0 Å². The van der Waals surface area contributed by atoms with E-state index in [9.17, 15) is 23.2 Å². The first-order chi connectivity index (χ1) is 17.5. The lowest BCUT2D eigenvalue weighted by Crippen LogP contribution is -2.55. The number of nitrogens with zero attached hydrogens (tertiary/aromatic N) is 1. The van der Waals surface area contributed by atoms with Crippen molar-refractivity contribution in [1.29, 1.82) is 0 Å². The van der Waals surface area contributed by atoms with Crippen molar-refractivity contribution in [2.45, 2.75) is 39.3 Å². The van der Waals surface area contributed by atoms with Gasteiger partial charge < -0.3 is 15.5 Å². The zero-order valence-electron chi connectivity index (χ0n) is 21.1. The van der Waals surface area contributed by atoms with Gasteiger partial charge in [-0.3, -0.25) is 14.4 Å². The first-order valence-electron chi connectivity index (χ1n) is 12.0. The predicted molar refractivity (Wildman–Crippen MR) is 138 cm³/mol. The summed E-state index contributed by atoms with van der Waals surface area (Å²) in [6.45, 7) is 5.35. The van der Waals surface area contributed by atoms with Gasteiger partial charge in [-0.1, -0.05) is 63.2 Å². The number of amides is 3. The molecule has 37 heavy (non-hydrogen) atoms. The van der Waals surface area contributed by atoms with Crippen molar-refractivity contribution in [3.8, 4) is 11.1 Å². The van der Waals surface area contributed by atoms with Crippen molar-refractivity contribution in [3.63, 3.8) is 0 Å². The smallest absolute Gasteiger partial charge is 0.253 e. The third kappa shape index (κ3) is 5.53. The molecule has 0 radical (unpaired) electrons. The molecule has 0 spiro atoms. The Kier molecular flexibility index (Phi) is 7.12. The second kappa shape index (κ2) is 10.1. The number of carbonyl (C=O) groups excluding carboxylic acids is 3. The van der Waals surface area contributed by atoms with Gasteiger partial charge in [-0.15, -0.1) is 0 Å². The minimum absolute atomic E-state index is 0.148. The van der Waals surface area contributed by atoms with Crippen LogP contribution < -0.4 is 15.5 Å². The molecule has 0 saturated carbocycles. The molecule has 0 saturated heterocycles. The van der Waals surface area contributed by atoms with E-state index in [0.29, 0.717) is 5.56 Å². The number of rotatable bonds is 5. The lowest BCUT2D eigenvalue weighted by molar-refractivity contribution is -0.133. The molecule has 1 aliphatic rings. The molecule has 2 atom stereocenters. The van der Waals surface area contributed by atoms with Crippen molar-refractivity contribution in [2.75, 3.05) is 11.9 Å². The average molecular weight is 506 g/mol. The van der Waals surface area contributed by atoms with E-state index < -0.39 is 40.9 Å². The fourth-order valence-corrected chi connectivity index (χ4v) is 4.58. The fraction of sp³-hybridized carbons (Fsp3) is 0.276. The third-order valence-electron chi connectivity index (χ3n) is 6.41. The van der Waals surface area contributed by atoms with E-state index in [4.69, 9.17) is 0 Å². The second-order valence-electron chi connectivity index (χ2n) is 10.3. The number of fused-ring (bicyclic) bond motifs is 3. The maximum Gasteiger partial charge on any atom is 0.253 e. The quantitative estimate of drug-likeness (QED) is 0.535. The van der Waals surface area contributed by atoms with Gasteiger partial charge in [0.25, 0.3) is 5.91 Å². The van der Waals surface area contributed by atoms with Crippen LogP contribution in [-0.4, -0.2) is 30.8 Å². The summed E-state index contributed by atoms with van der Waals surface area (Å²) in [6.07, 6.45) is -0.308. The molecule has 0 aromatic heterocycles. The molecular weight excluding hydrogens is 476 g/mol. The number of hydrogen-bond acceptors (Lipinski definition) is 3. The van der Waals surface area contributed by atoms with Crippen molar-refractivity contribution in [1.82, 2.24) is 10.6 Å². The number of carbonyl (C=O) groups is 3. The molecule has 8 heteroatoms. The molecule has 0 bridgehead atoms. The number of hydrogen-bond donors (Lipinski definition) is 2. The summed E-state index contributed by atoms with van der Waals surface area (Å²) in [4.78, 5) is 41.5. The van der Waals surface area contributed by atoms with E-state index in [2.05, 4.69) is 10.6 Å². The van der Waals surface area contributed by atoms with Gasteiger partial charge in [0.15, 0.2) is 0 Å². The summed E-state index contributed by atoms with van der Waals surface area (Å²) < 4.78 is 27.1. The zero-order chi connectivity index (χ0) is 26.9. The largest absolute Gasteiger partial charge is 0.344 e. The average Bonchev–Trinajstić information content (AvgIpc) is 2.91. The van der Waals surface area contributed by atoms with Crippen LogP contribution in [0.4, 0.5) is 14.5 Å². The molecule has 3 amide bonds. The van der Waals surface area contributed by atoms with Crippen LogP contribution in [0.25, 0.3) is 11.1 Å². The molecule has 6 nitrogen and oxygen atoms in total. The summed E-state index contributed by atoms with van der Waals surface area (Å²) in [5.41, 5.74) is 2.48.